The first kappa shape index (κ1) is 11.6. The molecule has 0 aliphatic carbocycles. The number of nitrogens with zero attached hydrogens (tertiary/aromatic N) is 2. The van der Waals surface area contributed by atoms with Gasteiger partial charge in [0.25, 0.3) is 0 Å². The Morgan fingerprint density at radius 1 is 1.56 bits per heavy atom. The highest BCUT2D eigenvalue weighted by Gasteiger charge is 2.34. The molecule has 0 radical (unpaired) electrons. The van der Waals surface area contributed by atoms with Crippen LogP contribution in [0.25, 0.3) is 0 Å². The van der Waals surface area contributed by atoms with Crippen molar-refractivity contribution >= 4 is 0 Å². The smallest absolute Gasteiger partial charge is 0.0321 e. The molecule has 1 aliphatic rings. The van der Waals surface area contributed by atoms with Crippen LogP contribution in [-0.4, -0.2) is 42.6 Å². The minimum atomic E-state index is 0.310. The van der Waals surface area contributed by atoms with Crippen molar-refractivity contribution in [1.29, 1.82) is 0 Å². The van der Waals surface area contributed by atoms with Crippen molar-refractivity contribution in [1.82, 2.24) is 15.2 Å². The minimum absolute atomic E-state index is 0.310. The first-order valence-corrected chi connectivity index (χ1v) is 6.00. The summed E-state index contributed by atoms with van der Waals surface area (Å²) in [7, 11) is 4.28. The van der Waals surface area contributed by atoms with E-state index in [9.17, 15) is 0 Å². The van der Waals surface area contributed by atoms with E-state index in [1.54, 1.807) is 0 Å². The molecule has 1 saturated heterocycles. The molecule has 3 nitrogen and oxygen atoms in total. The molecule has 0 amide bonds. The first-order valence-electron chi connectivity index (χ1n) is 6.00. The average Bonchev–Trinajstić information content (AvgIpc) is 2.71. The lowest BCUT2D eigenvalue weighted by Gasteiger charge is -2.28. The molecule has 1 atom stereocenters. The Hall–Kier alpha value is -0.930. The van der Waals surface area contributed by atoms with Gasteiger partial charge in [-0.05, 0) is 51.5 Å². The van der Waals surface area contributed by atoms with Crippen LogP contribution >= 0.6 is 0 Å². The van der Waals surface area contributed by atoms with Crippen LogP contribution in [0.5, 0.6) is 0 Å². The van der Waals surface area contributed by atoms with E-state index in [0.29, 0.717) is 5.54 Å². The highest BCUT2D eigenvalue weighted by molar-refractivity contribution is 5.10. The summed E-state index contributed by atoms with van der Waals surface area (Å²) in [6, 6.07) is 4.18. The van der Waals surface area contributed by atoms with Gasteiger partial charge in [0, 0.05) is 24.5 Å². The molecular formula is C13H21N3. The molecule has 1 aliphatic heterocycles. The Labute approximate surface area is 97.9 Å². The third kappa shape index (κ3) is 2.60. The first-order chi connectivity index (χ1) is 7.74. The highest BCUT2D eigenvalue weighted by Crippen LogP contribution is 2.24. The Kier molecular flexibility index (Phi) is 3.56. The quantitative estimate of drug-likeness (QED) is 0.827. The van der Waals surface area contributed by atoms with Crippen LogP contribution in [-0.2, 0) is 6.42 Å². The number of pyridine rings is 1. The maximum atomic E-state index is 4.16. The second-order valence-electron chi connectivity index (χ2n) is 4.88. The summed E-state index contributed by atoms with van der Waals surface area (Å²) < 4.78 is 0. The van der Waals surface area contributed by atoms with Gasteiger partial charge >= 0.3 is 0 Å². The normalized spacial score (nSPS) is 26.1. The fourth-order valence-corrected chi connectivity index (χ4v) is 2.54. The van der Waals surface area contributed by atoms with Gasteiger partial charge in [0.15, 0.2) is 0 Å². The zero-order valence-corrected chi connectivity index (χ0v) is 10.2. The fourth-order valence-electron chi connectivity index (χ4n) is 2.54. The van der Waals surface area contributed by atoms with E-state index in [2.05, 4.69) is 35.4 Å². The number of aromatic nitrogens is 1. The lowest BCUT2D eigenvalue weighted by atomic mass is 9.91. The summed E-state index contributed by atoms with van der Waals surface area (Å²) >= 11 is 0. The van der Waals surface area contributed by atoms with Crippen molar-refractivity contribution in [3.05, 3.63) is 30.1 Å². The van der Waals surface area contributed by atoms with Crippen LogP contribution in [0.3, 0.4) is 0 Å². The predicted octanol–water partition coefficient (Wildman–Crippen LogP) is 1.31. The van der Waals surface area contributed by atoms with Gasteiger partial charge in [0.05, 0.1) is 0 Å². The molecule has 1 N–H and O–H groups in total. The van der Waals surface area contributed by atoms with Gasteiger partial charge in [-0.25, -0.2) is 0 Å². The molecule has 0 bridgehead atoms. The third-order valence-corrected chi connectivity index (χ3v) is 3.69. The summed E-state index contributed by atoms with van der Waals surface area (Å²) in [4.78, 5) is 6.57. The predicted molar refractivity (Wildman–Crippen MR) is 66.5 cm³/mol. The number of likely N-dealkylation sites (N-methyl/N-ethyl adjacent to an activating group) is 2. The topological polar surface area (TPSA) is 28.2 Å². The molecule has 16 heavy (non-hydrogen) atoms. The van der Waals surface area contributed by atoms with E-state index >= 15 is 0 Å². The van der Waals surface area contributed by atoms with Gasteiger partial charge in [0.2, 0.25) is 0 Å². The summed E-state index contributed by atoms with van der Waals surface area (Å²) in [6.45, 7) is 2.36. The van der Waals surface area contributed by atoms with Crippen LogP contribution < -0.4 is 5.32 Å². The third-order valence-electron chi connectivity index (χ3n) is 3.69. The molecule has 1 unspecified atom stereocenters. The zero-order valence-electron chi connectivity index (χ0n) is 10.2. The lowest BCUT2D eigenvalue weighted by molar-refractivity contribution is 0.310. The molecule has 88 valence electrons. The number of rotatable bonds is 4. The molecule has 0 spiro atoms. The van der Waals surface area contributed by atoms with E-state index in [4.69, 9.17) is 0 Å². The van der Waals surface area contributed by atoms with E-state index in [0.717, 1.165) is 13.0 Å². The number of aryl methyl sites for hydroxylation is 1. The lowest BCUT2D eigenvalue weighted by Crippen LogP contribution is -2.45. The Bertz CT molecular complexity index is 325. The summed E-state index contributed by atoms with van der Waals surface area (Å²) in [6.07, 6.45) is 7.37. The Morgan fingerprint density at radius 3 is 3.00 bits per heavy atom. The van der Waals surface area contributed by atoms with Crippen molar-refractivity contribution in [2.75, 3.05) is 27.2 Å². The molecule has 1 fully saturated rings. The van der Waals surface area contributed by atoms with E-state index in [1.807, 2.05) is 18.5 Å². The van der Waals surface area contributed by atoms with Gasteiger partial charge in [-0.2, -0.15) is 0 Å². The largest absolute Gasteiger partial charge is 0.313 e. The Morgan fingerprint density at radius 2 is 2.44 bits per heavy atom. The molecule has 1 aromatic heterocycles. The molecule has 1 aromatic rings. The van der Waals surface area contributed by atoms with Crippen molar-refractivity contribution in [3.63, 3.8) is 0 Å². The van der Waals surface area contributed by atoms with Gasteiger partial charge in [-0.1, -0.05) is 6.07 Å². The fraction of sp³-hybridized carbons (Fsp3) is 0.615. The molecule has 3 heteroatoms. The van der Waals surface area contributed by atoms with Crippen molar-refractivity contribution in [2.24, 2.45) is 0 Å². The monoisotopic (exact) mass is 219 g/mol. The minimum Gasteiger partial charge on any atom is -0.313 e. The van der Waals surface area contributed by atoms with Gasteiger partial charge in [-0.3, -0.25) is 4.98 Å². The van der Waals surface area contributed by atoms with Gasteiger partial charge < -0.3 is 10.2 Å². The van der Waals surface area contributed by atoms with Crippen LogP contribution in [0.4, 0.5) is 0 Å². The average molecular weight is 219 g/mol. The highest BCUT2D eigenvalue weighted by atomic mass is 15.2. The standard InChI is InChI=1S/C13H21N3/c1-14-13(7-9-16(2)11-13)6-5-12-4-3-8-15-10-12/h3-4,8,10,14H,5-7,9,11H2,1-2H3. The number of nitrogens with one attached hydrogen (secondary N) is 1. The van der Waals surface area contributed by atoms with Gasteiger partial charge in [-0.15, -0.1) is 0 Å². The Balaban J connectivity index is 1.93. The maximum absolute atomic E-state index is 4.16. The number of hydrogen-bond donors (Lipinski definition) is 1. The molecule has 0 saturated carbocycles. The van der Waals surface area contributed by atoms with Crippen molar-refractivity contribution < 1.29 is 0 Å². The molecule has 2 heterocycles. The second kappa shape index (κ2) is 4.93. The number of hydrogen-bond acceptors (Lipinski definition) is 3. The maximum Gasteiger partial charge on any atom is 0.0321 e. The summed E-state index contributed by atoms with van der Waals surface area (Å²) in [5.74, 6) is 0. The summed E-state index contributed by atoms with van der Waals surface area (Å²) in [5.41, 5.74) is 1.65. The van der Waals surface area contributed by atoms with Crippen LogP contribution in [0, 0.1) is 0 Å². The van der Waals surface area contributed by atoms with Crippen LogP contribution in [0.1, 0.15) is 18.4 Å². The number of likely N-dealkylation sites (tertiary alicyclic amines) is 1. The van der Waals surface area contributed by atoms with Gasteiger partial charge in [0.1, 0.15) is 0 Å². The molecular weight excluding hydrogens is 198 g/mol. The summed E-state index contributed by atoms with van der Waals surface area (Å²) in [5, 5.41) is 3.52. The zero-order chi connectivity index (χ0) is 11.4. The van der Waals surface area contributed by atoms with Crippen LogP contribution in [0.15, 0.2) is 24.5 Å². The van der Waals surface area contributed by atoms with Crippen molar-refractivity contribution in [2.45, 2.75) is 24.8 Å². The van der Waals surface area contributed by atoms with E-state index in [-0.39, 0.29) is 0 Å². The van der Waals surface area contributed by atoms with E-state index < -0.39 is 0 Å². The van der Waals surface area contributed by atoms with Crippen LogP contribution in [0.2, 0.25) is 0 Å². The van der Waals surface area contributed by atoms with E-state index in [1.165, 1.54) is 24.9 Å². The van der Waals surface area contributed by atoms with Crippen molar-refractivity contribution in [3.8, 4) is 0 Å². The SMILES string of the molecule is CNC1(CCc2cccnc2)CCN(C)C1. The second-order valence-corrected chi connectivity index (χ2v) is 4.88. The molecule has 0 aromatic carbocycles. The molecule has 2 rings (SSSR count).